The Kier molecular flexibility index (Phi) is 20.6. The Balaban J connectivity index is 3.04. The average molecular weight is 361 g/mol. The molecule has 0 aliphatic heterocycles. The van der Waals surface area contributed by atoms with E-state index in [2.05, 4.69) is 6.92 Å². The first kappa shape index (κ1) is 23.8. The summed E-state index contributed by atoms with van der Waals surface area (Å²) in [6.07, 6.45) is 22.2. The van der Waals surface area contributed by atoms with Crippen molar-refractivity contribution in [2.75, 3.05) is 12.5 Å². The summed E-state index contributed by atoms with van der Waals surface area (Å²) in [5, 5.41) is 0. The van der Waals surface area contributed by atoms with E-state index in [9.17, 15) is 4.79 Å². The number of unbranched alkanes of at least 4 members (excludes halogenated alkanes) is 15. The van der Waals surface area contributed by atoms with E-state index in [0.717, 1.165) is 12.8 Å². The first-order valence-corrected chi connectivity index (χ1v) is 11.1. The Morgan fingerprint density at radius 1 is 0.667 bits per heavy atom. The maximum atomic E-state index is 11.3. The molecule has 0 fully saturated rings. The second-order valence-electron chi connectivity index (χ2n) is 6.96. The molecule has 0 radical (unpaired) electrons. The van der Waals surface area contributed by atoms with Crippen molar-refractivity contribution < 1.29 is 9.53 Å². The lowest BCUT2D eigenvalue weighted by Gasteiger charge is -2.04. The van der Waals surface area contributed by atoms with Gasteiger partial charge in [0.15, 0.2) is 0 Å². The van der Waals surface area contributed by atoms with Crippen LogP contribution in [0.3, 0.4) is 0 Å². The molecule has 0 heterocycles. The average Bonchev–Trinajstić information content (AvgIpc) is 2.59. The van der Waals surface area contributed by atoms with Crippen LogP contribution in [0, 0.1) is 0 Å². The highest BCUT2D eigenvalue weighted by Crippen LogP contribution is 2.14. The summed E-state index contributed by atoms with van der Waals surface area (Å²) in [4.78, 5) is 11.3. The highest BCUT2D eigenvalue weighted by molar-refractivity contribution is 6.18. The van der Waals surface area contributed by atoms with Crippen molar-refractivity contribution in [3.05, 3.63) is 0 Å². The first-order chi connectivity index (χ1) is 11.8. The molecule has 2 nitrogen and oxygen atoms in total. The van der Waals surface area contributed by atoms with Crippen molar-refractivity contribution in [3.8, 4) is 0 Å². The number of alkyl halides is 1. The van der Waals surface area contributed by atoms with E-state index < -0.39 is 0 Å². The van der Waals surface area contributed by atoms with Crippen LogP contribution in [-0.2, 0) is 9.53 Å². The van der Waals surface area contributed by atoms with E-state index in [1.54, 1.807) is 0 Å². The second-order valence-corrected chi connectivity index (χ2v) is 7.34. The molecular formula is C21H41ClO2. The van der Waals surface area contributed by atoms with Crippen molar-refractivity contribution in [3.63, 3.8) is 0 Å². The van der Waals surface area contributed by atoms with Gasteiger partial charge in [-0.05, 0) is 6.42 Å². The quantitative estimate of drug-likeness (QED) is 0.136. The molecule has 0 saturated heterocycles. The molecule has 0 N–H and O–H groups in total. The van der Waals surface area contributed by atoms with Gasteiger partial charge >= 0.3 is 5.97 Å². The summed E-state index contributed by atoms with van der Waals surface area (Å²) in [6.45, 7) is 2.62. The van der Waals surface area contributed by atoms with Gasteiger partial charge in [-0.3, -0.25) is 4.79 Å². The van der Waals surface area contributed by atoms with Crippen LogP contribution in [0.1, 0.15) is 116 Å². The van der Waals surface area contributed by atoms with Crippen molar-refractivity contribution in [2.45, 2.75) is 116 Å². The van der Waals surface area contributed by atoms with Gasteiger partial charge in [0.2, 0.25) is 0 Å². The van der Waals surface area contributed by atoms with Crippen LogP contribution >= 0.6 is 11.6 Å². The molecule has 0 rings (SSSR count). The van der Waals surface area contributed by atoms with Crippen molar-refractivity contribution >= 4 is 17.6 Å². The zero-order valence-corrected chi connectivity index (χ0v) is 16.9. The maximum absolute atomic E-state index is 11.3. The molecule has 0 atom stereocenters. The van der Waals surface area contributed by atoms with Gasteiger partial charge < -0.3 is 4.74 Å². The molecule has 24 heavy (non-hydrogen) atoms. The smallest absolute Gasteiger partial charge is 0.305 e. The van der Waals surface area contributed by atoms with Crippen LogP contribution in [0.15, 0.2) is 0 Å². The number of carbonyl (C=O) groups excluding carboxylic acids is 1. The molecule has 144 valence electrons. The van der Waals surface area contributed by atoms with Gasteiger partial charge in [0.1, 0.15) is 6.61 Å². The van der Waals surface area contributed by atoms with Crippen molar-refractivity contribution in [2.24, 2.45) is 0 Å². The number of esters is 1. The molecule has 0 amide bonds. The minimum absolute atomic E-state index is 0.0963. The third-order valence-corrected chi connectivity index (χ3v) is 4.73. The number of hydrogen-bond acceptors (Lipinski definition) is 2. The normalized spacial score (nSPS) is 10.9. The molecule has 3 heteroatoms. The van der Waals surface area contributed by atoms with E-state index in [1.165, 1.54) is 89.9 Å². The van der Waals surface area contributed by atoms with Gasteiger partial charge in [0, 0.05) is 6.42 Å². The van der Waals surface area contributed by atoms with Crippen molar-refractivity contribution in [1.82, 2.24) is 0 Å². The standard InChI is InChI=1S/C21H41ClO2/c1-2-3-4-5-6-7-8-9-10-11-12-13-14-15-16-17-18-21(23)24-20-19-22/h2-20H2,1H3. The zero-order chi connectivity index (χ0) is 17.7. The molecule has 0 unspecified atom stereocenters. The molecule has 0 bridgehead atoms. The summed E-state index contributed by atoms with van der Waals surface area (Å²) in [7, 11) is 0. The third-order valence-electron chi connectivity index (χ3n) is 4.57. The Labute approximate surface area is 156 Å². The molecule has 0 aliphatic carbocycles. The number of hydrogen-bond donors (Lipinski definition) is 0. The van der Waals surface area contributed by atoms with Crippen LogP contribution in [-0.4, -0.2) is 18.5 Å². The summed E-state index contributed by atoms with van der Waals surface area (Å²) in [6, 6.07) is 0. The Morgan fingerprint density at radius 3 is 1.42 bits per heavy atom. The Bertz CT molecular complexity index is 256. The molecule has 0 saturated carbocycles. The lowest BCUT2D eigenvalue weighted by atomic mass is 10.0. The van der Waals surface area contributed by atoms with Crippen LogP contribution in [0.2, 0.25) is 0 Å². The van der Waals surface area contributed by atoms with Crippen LogP contribution in [0.4, 0.5) is 0 Å². The van der Waals surface area contributed by atoms with Gasteiger partial charge in [-0.1, -0.05) is 103 Å². The van der Waals surface area contributed by atoms with Gasteiger partial charge in [-0.25, -0.2) is 0 Å². The SMILES string of the molecule is CCCCCCCCCCCCCCCCCCC(=O)OCCCl. The van der Waals surface area contributed by atoms with Crippen LogP contribution < -0.4 is 0 Å². The maximum Gasteiger partial charge on any atom is 0.305 e. The van der Waals surface area contributed by atoms with Gasteiger partial charge in [0.05, 0.1) is 5.88 Å². The Morgan fingerprint density at radius 2 is 1.04 bits per heavy atom. The van der Waals surface area contributed by atoms with E-state index in [1.807, 2.05) is 0 Å². The molecule has 0 aromatic carbocycles. The topological polar surface area (TPSA) is 26.3 Å². The highest BCUT2D eigenvalue weighted by Gasteiger charge is 2.01. The van der Waals surface area contributed by atoms with Crippen LogP contribution in [0.5, 0.6) is 0 Å². The molecular weight excluding hydrogens is 320 g/mol. The summed E-state index contributed by atoms with van der Waals surface area (Å²) >= 11 is 5.47. The van der Waals surface area contributed by atoms with Gasteiger partial charge in [-0.2, -0.15) is 0 Å². The predicted molar refractivity (Wildman–Crippen MR) is 106 cm³/mol. The number of halogens is 1. The molecule has 0 aromatic heterocycles. The van der Waals surface area contributed by atoms with Crippen LogP contribution in [0.25, 0.3) is 0 Å². The molecule has 0 aliphatic rings. The minimum atomic E-state index is -0.0963. The minimum Gasteiger partial charge on any atom is -0.464 e. The summed E-state index contributed by atoms with van der Waals surface area (Å²) in [5.74, 6) is 0.297. The zero-order valence-electron chi connectivity index (χ0n) is 16.1. The van der Waals surface area contributed by atoms with E-state index in [4.69, 9.17) is 16.3 Å². The van der Waals surface area contributed by atoms with Crippen molar-refractivity contribution in [1.29, 1.82) is 0 Å². The number of ether oxygens (including phenoxy) is 1. The summed E-state index contributed by atoms with van der Waals surface area (Å²) < 4.78 is 4.94. The third kappa shape index (κ3) is 19.8. The predicted octanol–water partition coefficient (Wildman–Crippen LogP) is 7.42. The lowest BCUT2D eigenvalue weighted by molar-refractivity contribution is -0.143. The molecule has 0 spiro atoms. The number of rotatable bonds is 19. The fraction of sp³-hybridized carbons (Fsp3) is 0.952. The van der Waals surface area contributed by atoms with E-state index in [0.29, 0.717) is 18.9 Å². The fourth-order valence-electron chi connectivity index (χ4n) is 3.04. The first-order valence-electron chi connectivity index (χ1n) is 10.5. The monoisotopic (exact) mass is 360 g/mol. The van der Waals surface area contributed by atoms with E-state index in [-0.39, 0.29) is 5.97 Å². The highest BCUT2D eigenvalue weighted by atomic mass is 35.5. The van der Waals surface area contributed by atoms with Gasteiger partial charge in [-0.15, -0.1) is 11.6 Å². The molecule has 0 aromatic rings. The largest absolute Gasteiger partial charge is 0.464 e. The lowest BCUT2D eigenvalue weighted by Crippen LogP contribution is -2.06. The van der Waals surface area contributed by atoms with Gasteiger partial charge in [0.25, 0.3) is 0 Å². The Hall–Kier alpha value is -0.240. The number of carbonyl (C=O) groups is 1. The fourth-order valence-corrected chi connectivity index (χ4v) is 3.12. The van der Waals surface area contributed by atoms with E-state index >= 15 is 0 Å². The summed E-state index contributed by atoms with van der Waals surface area (Å²) in [5.41, 5.74) is 0. The second kappa shape index (κ2) is 20.8.